The van der Waals surface area contributed by atoms with Gasteiger partial charge in [-0.15, -0.1) is 0 Å². The third kappa shape index (κ3) is 2.78. The Morgan fingerprint density at radius 1 is 1.04 bits per heavy atom. The lowest BCUT2D eigenvalue weighted by atomic mass is 10.1. The van der Waals surface area contributed by atoms with E-state index in [0.29, 0.717) is 0 Å². The van der Waals surface area contributed by atoms with Gasteiger partial charge >= 0.3 is 0 Å². The van der Waals surface area contributed by atoms with E-state index in [2.05, 4.69) is 11.9 Å². The third-order valence-electron chi connectivity index (χ3n) is 4.31. The summed E-state index contributed by atoms with van der Waals surface area (Å²) < 4.78 is 3.85. The van der Waals surface area contributed by atoms with E-state index in [0.717, 1.165) is 27.5 Å². The van der Waals surface area contributed by atoms with Gasteiger partial charge in [-0.25, -0.2) is 9.13 Å². The summed E-state index contributed by atoms with van der Waals surface area (Å²) in [6.45, 7) is 4.07. The van der Waals surface area contributed by atoms with Crippen LogP contribution in [-0.4, -0.2) is 10.5 Å². The van der Waals surface area contributed by atoms with Crippen LogP contribution in [0.25, 0.3) is 28.0 Å². The van der Waals surface area contributed by atoms with E-state index in [-0.39, 0.29) is 12.5 Å². The highest BCUT2D eigenvalue weighted by molar-refractivity contribution is 6.01. The Hall–Kier alpha value is -3.40. The van der Waals surface area contributed by atoms with Gasteiger partial charge in [0.25, 0.3) is 5.91 Å². The van der Waals surface area contributed by atoms with Crippen molar-refractivity contribution in [3.8, 4) is 0 Å². The number of carbonyl (C=O) groups excluding carboxylic acids is 1. The molecule has 4 heteroatoms. The van der Waals surface area contributed by atoms with Crippen LogP contribution in [0.15, 0.2) is 79.6 Å². The van der Waals surface area contributed by atoms with Crippen LogP contribution in [0.3, 0.4) is 0 Å². The first-order valence-corrected chi connectivity index (χ1v) is 8.15. The Labute approximate surface area is 145 Å². The van der Waals surface area contributed by atoms with Gasteiger partial charge in [0, 0.05) is 11.1 Å². The molecule has 0 bridgehead atoms. The molecular weight excluding hydrogens is 310 g/mol. The maximum absolute atomic E-state index is 12.6. The van der Waals surface area contributed by atoms with E-state index >= 15 is 0 Å². The average Bonchev–Trinajstić information content (AvgIpc) is 3.00. The smallest absolute Gasteiger partial charge is 0.266 e. The highest BCUT2D eigenvalue weighted by Crippen LogP contribution is 2.22. The van der Waals surface area contributed by atoms with Crippen LogP contribution >= 0.6 is 0 Å². The van der Waals surface area contributed by atoms with Crippen LogP contribution in [0.5, 0.6) is 0 Å². The second-order valence-electron chi connectivity index (χ2n) is 5.90. The van der Waals surface area contributed by atoms with Crippen molar-refractivity contribution in [1.82, 2.24) is 4.57 Å². The molecule has 0 saturated heterocycles. The lowest BCUT2D eigenvalue weighted by molar-refractivity contribution is -0.658. The van der Waals surface area contributed by atoms with Crippen LogP contribution in [0, 0.1) is 0 Å². The lowest BCUT2D eigenvalue weighted by Gasteiger charge is -2.07. The molecule has 0 saturated carbocycles. The van der Waals surface area contributed by atoms with Gasteiger partial charge in [-0.05, 0) is 23.6 Å². The largest absolute Gasteiger partial charge is 0.322 e. The predicted octanol–water partition coefficient (Wildman–Crippen LogP) is 3.82. The molecule has 4 rings (SSSR count). The highest BCUT2D eigenvalue weighted by atomic mass is 16.1. The Morgan fingerprint density at radius 2 is 1.80 bits per heavy atom. The average molecular weight is 328 g/mol. The van der Waals surface area contributed by atoms with Crippen LogP contribution in [-0.2, 0) is 11.3 Å². The summed E-state index contributed by atoms with van der Waals surface area (Å²) >= 11 is 0. The summed E-state index contributed by atoms with van der Waals surface area (Å²) in [7, 11) is 0. The highest BCUT2D eigenvalue weighted by Gasteiger charge is 2.16. The number of rotatable bonds is 4. The Balaban J connectivity index is 1.64. The summed E-state index contributed by atoms with van der Waals surface area (Å²) in [6, 6.07) is 21.9. The SMILES string of the molecule is C=Cn1c[n+](CC(=O)Nc2cccc3ccccc23)c2ccccc21. The van der Waals surface area contributed by atoms with Crippen LogP contribution in [0.1, 0.15) is 0 Å². The third-order valence-corrected chi connectivity index (χ3v) is 4.31. The maximum atomic E-state index is 12.6. The fourth-order valence-electron chi connectivity index (χ4n) is 3.15. The van der Waals surface area contributed by atoms with E-state index in [1.54, 1.807) is 6.20 Å². The molecular formula is C21H18N3O+. The Bertz CT molecular complexity index is 1090. The van der Waals surface area contributed by atoms with Gasteiger partial charge < -0.3 is 5.32 Å². The molecule has 0 unspecified atom stereocenters. The molecule has 4 nitrogen and oxygen atoms in total. The standard InChI is InChI=1S/C21H17N3O/c1-2-23-15-24(20-13-6-5-12-19(20)23)14-21(25)22-18-11-7-9-16-8-3-4-10-17(16)18/h2-13,15H,1,14H2/p+1. The molecule has 0 aliphatic rings. The van der Waals surface area contributed by atoms with Gasteiger partial charge in [-0.3, -0.25) is 4.79 Å². The number of anilines is 1. The van der Waals surface area contributed by atoms with Crippen LogP contribution in [0.2, 0.25) is 0 Å². The van der Waals surface area contributed by atoms with E-state index in [4.69, 9.17) is 0 Å². The molecule has 3 aromatic carbocycles. The van der Waals surface area contributed by atoms with Crippen molar-refractivity contribution in [2.24, 2.45) is 0 Å². The normalized spacial score (nSPS) is 10.9. The number of imidazole rings is 1. The van der Waals surface area contributed by atoms with E-state index in [1.165, 1.54) is 0 Å². The molecule has 0 aliphatic heterocycles. The van der Waals surface area contributed by atoms with Crippen molar-refractivity contribution >= 4 is 39.6 Å². The number of hydrogen-bond donors (Lipinski definition) is 1. The van der Waals surface area contributed by atoms with Crippen molar-refractivity contribution in [2.75, 3.05) is 5.32 Å². The van der Waals surface area contributed by atoms with E-state index in [9.17, 15) is 4.79 Å². The number of nitrogens with zero attached hydrogens (tertiary/aromatic N) is 2. The fraction of sp³-hybridized carbons (Fsp3) is 0.0476. The second-order valence-corrected chi connectivity index (χ2v) is 5.90. The molecule has 25 heavy (non-hydrogen) atoms. The number of fused-ring (bicyclic) bond motifs is 2. The lowest BCUT2D eigenvalue weighted by Crippen LogP contribution is -2.39. The monoisotopic (exact) mass is 328 g/mol. The van der Waals surface area contributed by atoms with Gasteiger partial charge in [-0.2, -0.15) is 0 Å². The minimum Gasteiger partial charge on any atom is -0.322 e. The molecule has 0 atom stereocenters. The number of amides is 1. The number of hydrogen-bond acceptors (Lipinski definition) is 1. The van der Waals surface area contributed by atoms with Crippen molar-refractivity contribution in [1.29, 1.82) is 0 Å². The van der Waals surface area contributed by atoms with Gasteiger partial charge in [0.1, 0.15) is 0 Å². The summed E-state index contributed by atoms with van der Waals surface area (Å²) in [4.78, 5) is 12.6. The Morgan fingerprint density at radius 3 is 2.68 bits per heavy atom. The van der Waals surface area contributed by atoms with Crippen molar-refractivity contribution in [3.05, 3.63) is 79.6 Å². The number of nitrogens with one attached hydrogen (secondary N) is 1. The van der Waals surface area contributed by atoms with Gasteiger partial charge in [0.15, 0.2) is 17.6 Å². The van der Waals surface area contributed by atoms with Crippen molar-refractivity contribution < 1.29 is 9.36 Å². The zero-order valence-electron chi connectivity index (χ0n) is 13.7. The number of aromatic nitrogens is 2. The molecule has 1 amide bonds. The minimum atomic E-state index is -0.0617. The van der Waals surface area contributed by atoms with Crippen LogP contribution in [0.4, 0.5) is 5.69 Å². The first-order valence-electron chi connectivity index (χ1n) is 8.15. The first-order chi connectivity index (χ1) is 12.3. The summed E-state index contributed by atoms with van der Waals surface area (Å²) in [6.07, 6.45) is 3.63. The summed E-state index contributed by atoms with van der Waals surface area (Å²) in [5.74, 6) is -0.0617. The first kappa shape index (κ1) is 15.1. The second kappa shape index (κ2) is 6.24. The maximum Gasteiger partial charge on any atom is 0.266 e. The van der Waals surface area contributed by atoms with Gasteiger partial charge in [0.2, 0.25) is 6.33 Å². The predicted molar refractivity (Wildman–Crippen MR) is 101 cm³/mol. The van der Waals surface area contributed by atoms with Crippen molar-refractivity contribution in [3.63, 3.8) is 0 Å². The minimum absolute atomic E-state index is 0.0617. The molecule has 1 aromatic heterocycles. The molecule has 4 aromatic rings. The molecule has 1 heterocycles. The van der Waals surface area contributed by atoms with Crippen LogP contribution < -0.4 is 9.88 Å². The number of benzene rings is 3. The summed E-state index contributed by atoms with van der Waals surface area (Å²) in [5, 5.41) is 5.18. The van der Waals surface area contributed by atoms with E-state index < -0.39 is 0 Å². The number of carbonyl (C=O) groups is 1. The van der Waals surface area contributed by atoms with Crippen molar-refractivity contribution in [2.45, 2.75) is 6.54 Å². The quantitative estimate of drug-likeness (QED) is 0.568. The molecule has 0 radical (unpaired) electrons. The number of para-hydroxylation sites is 2. The Kier molecular flexibility index (Phi) is 3.78. The molecule has 0 fully saturated rings. The van der Waals surface area contributed by atoms with Gasteiger partial charge in [-0.1, -0.05) is 55.1 Å². The topological polar surface area (TPSA) is 37.9 Å². The molecule has 122 valence electrons. The fourth-order valence-corrected chi connectivity index (χ4v) is 3.15. The molecule has 0 spiro atoms. The summed E-state index contributed by atoms with van der Waals surface area (Å²) in [5.41, 5.74) is 2.85. The van der Waals surface area contributed by atoms with E-state index in [1.807, 2.05) is 82.2 Å². The van der Waals surface area contributed by atoms with Gasteiger partial charge in [0.05, 0.1) is 6.20 Å². The zero-order valence-corrected chi connectivity index (χ0v) is 13.7. The zero-order chi connectivity index (χ0) is 17.2. The molecule has 0 aliphatic carbocycles. The molecule has 1 N–H and O–H groups in total.